The van der Waals surface area contributed by atoms with Gasteiger partial charge in [0.1, 0.15) is 11.6 Å². The second-order valence-corrected chi connectivity index (χ2v) is 8.90. The van der Waals surface area contributed by atoms with Gasteiger partial charge in [-0.05, 0) is 49.4 Å². The third-order valence-corrected chi connectivity index (χ3v) is 5.62. The fourth-order valence-corrected chi connectivity index (χ4v) is 3.93. The molecule has 0 spiro atoms. The maximum Gasteiger partial charge on any atom is 0.232 e. The minimum atomic E-state index is -3.43. The van der Waals surface area contributed by atoms with Crippen molar-refractivity contribution >= 4 is 27.3 Å². The van der Waals surface area contributed by atoms with Gasteiger partial charge in [-0.3, -0.25) is 14.1 Å². The molecule has 0 unspecified atom stereocenters. The molecule has 0 bridgehead atoms. The first-order valence-corrected chi connectivity index (χ1v) is 10.7. The van der Waals surface area contributed by atoms with E-state index >= 15 is 0 Å². The van der Waals surface area contributed by atoms with Gasteiger partial charge in [0.25, 0.3) is 0 Å². The lowest BCUT2D eigenvalue weighted by molar-refractivity contribution is -0.116. The van der Waals surface area contributed by atoms with Crippen molar-refractivity contribution in [3.63, 3.8) is 0 Å². The number of hydrogen-bond donors (Lipinski definition) is 1. The second-order valence-electron chi connectivity index (χ2n) is 6.99. The van der Waals surface area contributed by atoms with Gasteiger partial charge < -0.3 is 5.32 Å². The normalized spacial score (nSPS) is 14.0. The number of ketones is 1. The summed E-state index contributed by atoms with van der Waals surface area (Å²) in [5.41, 5.74) is 2.84. The Labute approximate surface area is 159 Å². The van der Waals surface area contributed by atoms with Gasteiger partial charge in [-0.1, -0.05) is 0 Å². The summed E-state index contributed by atoms with van der Waals surface area (Å²) in [4.78, 5) is 20.0. The van der Waals surface area contributed by atoms with Crippen LogP contribution in [0.3, 0.4) is 0 Å². The monoisotopic (exact) mass is 388 g/mol. The molecule has 1 N–H and O–H groups in total. The van der Waals surface area contributed by atoms with E-state index in [0.29, 0.717) is 29.7 Å². The van der Waals surface area contributed by atoms with E-state index in [4.69, 9.17) is 0 Å². The van der Waals surface area contributed by atoms with Crippen molar-refractivity contribution < 1.29 is 13.2 Å². The molecule has 0 aliphatic heterocycles. The maximum absolute atomic E-state index is 12.4. The van der Waals surface area contributed by atoms with Crippen LogP contribution in [0.25, 0.3) is 11.1 Å². The standard InChI is InChI=1S/C19H24N4O3S/c1-13(24)8-17-9-15(6-7-21-17)16-10-18(19(20-2)22-11-16)23(27(3,25)26)12-14-4-5-14/h6-7,9-11,14H,4-5,8,12H2,1-3H3,(H,20,22). The fourth-order valence-electron chi connectivity index (χ4n) is 2.95. The molecular formula is C19H24N4O3S. The first kappa shape index (κ1) is 19.3. The highest BCUT2D eigenvalue weighted by Crippen LogP contribution is 2.36. The summed E-state index contributed by atoms with van der Waals surface area (Å²) in [5, 5.41) is 2.98. The van der Waals surface area contributed by atoms with Crippen LogP contribution >= 0.6 is 0 Å². The summed E-state index contributed by atoms with van der Waals surface area (Å²) in [5.74, 6) is 0.954. The summed E-state index contributed by atoms with van der Waals surface area (Å²) in [6.07, 6.45) is 6.93. The molecule has 0 aromatic carbocycles. The number of sulfonamides is 1. The summed E-state index contributed by atoms with van der Waals surface area (Å²) in [6.45, 7) is 1.99. The average Bonchev–Trinajstić information content (AvgIpc) is 3.42. The van der Waals surface area contributed by atoms with Crippen molar-refractivity contribution in [2.45, 2.75) is 26.2 Å². The lowest BCUT2D eigenvalue weighted by Crippen LogP contribution is -2.32. The Hall–Kier alpha value is -2.48. The second kappa shape index (κ2) is 7.64. The number of pyridine rings is 2. The Morgan fingerprint density at radius 2 is 2.00 bits per heavy atom. The lowest BCUT2D eigenvalue weighted by atomic mass is 10.1. The smallest absolute Gasteiger partial charge is 0.232 e. The molecule has 3 rings (SSSR count). The van der Waals surface area contributed by atoms with Gasteiger partial charge in [-0.15, -0.1) is 0 Å². The molecule has 2 aromatic heterocycles. The van der Waals surface area contributed by atoms with E-state index in [2.05, 4.69) is 15.3 Å². The van der Waals surface area contributed by atoms with Gasteiger partial charge in [0.2, 0.25) is 10.0 Å². The number of nitrogens with zero attached hydrogens (tertiary/aromatic N) is 3. The number of hydrogen-bond acceptors (Lipinski definition) is 6. The van der Waals surface area contributed by atoms with Gasteiger partial charge >= 0.3 is 0 Å². The molecule has 144 valence electrons. The maximum atomic E-state index is 12.4. The Bertz CT molecular complexity index is 955. The average molecular weight is 388 g/mol. The van der Waals surface area contributed by atoms with Crippen molar-refractivity contribution in [3.8, 4) is 11.1 Å². The van der Waals surface area contributed by atoms with E-state index in [1.165, 1.54) is 17.5 Å². The lowest BCUT2D eigenvalue weighted by Gasteiger charge is -2.24. The van der Waals surface area contributed by atoms with E-state index in [9.17, 15) is 13.2 Å². The molecule has 1 aliphatic carbocycles. The largest absolute Gasteiger partial charge is 0.371 e. The molecule has 0 radical (unpaired) electrons. The van der Waals surface area contributed by atoms with Gasteiger partial charge in [-0.25, -0.2) is 13.4 Å². The zero-order valence-corrected chi connectivity index (χ0v) is 16.6. The van der Waals surface area contributed by atoms with Crippen LogP contribution in [0.2, 0.25) is 0 Å². The van der Waals surface area contributed by atoms with Crippen molar-refractivity contribution in [1.82, 2.24) is 9.97 Å². The first-order chi connectivity index (χ1) is 12.8. The number of aromatic nitrogens is 2. The van der Waals surface area contributed by atoms with E-state index in [1.54, 1.807) is 19.4 Å². The van der Waals surface area contributed by atoms with Crippen LogP contribution < -0.4 is 9.62 Å². The van der Waals surface area contributed by atoms with Crippen LogP contribution in [0.5, 0.6) is 0 Å². The molecular weight excluding hydrogens is 364 g/mol. The quantitative estimate of drug-likeness (QED) is 0.747. The minimum absolute atomic E-state index is 0.0386. The molecule has 1 fully saturated rings. The summed E-state index contributed by atoms with van der Waals surface area (Å²) in [7, 11) is -1.71. The third kappa shape index (κ3) is 4.82. The Balaban J connectivity index is 2.04. The first-order valence-electron chi connectivity index (χ1n) is 8.88. The SMILES string of the molecule is CNc1ncc(-c2ccnc(CC(C)=O)c2)cc1N(CC1CC1)S(C)(=O)=O. The Kier molecular flexibility index (Phi) is 5.46. The fraction of sp³-hybridized carbons (Fsp3) is 0.421. The van der Waals surface area contributed by atoms with Gasteiger partial charge in [0.15, 0.2) is 0 Å². The van der Waals surface area contributed by atoms with Crippen molar-refractivity contribution in [1.29, 1.82) is 0 Å². The predicted molar refractivity (Wildman–Crippen MR) is 106 cm³/mol. The topological polar surface area (TPSA) is 92.3 Å². The third-order valence-electron chi connectivity index (χ3n) is 4.47. The van der Waals surface area contributed by atoms with E-state index in [0.717, 1.165) is 24.0 Å². The highest BCUT2D eigenvalue weighted by atomic mass is 32.2. The summed E-state index contributed by atoms with van der Waals surface area (Å²) >= 11 is 0. The Morgan fingerprint density at radius 3 is 2.59 bits per heavy atom. The zero-order valence-electron chi connectivity index (χ0n) is 15.8. The molecule has 0 saturated heterocycles. The predicted octanol–water partition coefficient (Wildman–Crippen LogP) is 2.49. The van der Waals surface area contributed by atoms with Crippen LogP contribution in [0, 0.1) is 5.92 Å². The van der Waals surface area contributed by atoms with Crippen molar-refractivity contribution in [2.24, 2.45) is 5.92 Å². The van der Waals surface area contributed by atoms with Crippen LogP contribution in [-0.4, -0.2) is 44.0 Å². The highest BCUT2D eigenvalue weighted by Gasteiger charge is 2.30. The Morgan fingerprint density at radius 1 is 1.26 bits per heavy atom. The molecule has 0 atom stereocenters. The van der Waals surface area contributed by atoms with Crippen LogP contribution in [0.4, 0.5) is 11.5 Å². The van der Waals surface area contributed by atoms with Gasteiger partial charge in [-0.2, -0.15) is 0 Å². The number of carbonyl (C=O) groups excluding carboxylic acids is 1. The molecule has 27 heavy (non-hydrogen) atoms. The van der Waals surface area contributed by atoms with E-state index in [-0.39, 0.29) is 12.2 Å². The van der Waals surface area contributed by atoms with E-state index in [1.807, 2.05) is 18.2 Å². The molecule has 1 aliphatic rings. The minimum Gasteiger partial charge on any atom is -0.371 e. The summed E-state index contributed by atoms with van der Waals surface area (Å²) < 4.78 is 26.3. The van der Waals surface area contributed by atoms with Crippen LogP contribution in [0.15, 0.2) is 30.6 Å². The van der Waals surface area contributed by atoms with Crippen molar-refractivity contribution in [3.05, 3.63) is 36.3 Å². The molecule has 8 heteroatoms. The number of Topliss-reactive ketones (excluding diaryl/α,β-unsaturated/α-hetero) is 1. The van der Waals surface area contributed by atoms with Gasteiger partial charge in [0, 0.05) is 43.7 Å². The molecule has 1 saturated carbocycles. The molecule has 2 heterocycles. The van der Waals surface area contributed by atoms with Crippen molar-refractivity contribution in [2.75, 3.05) is 29.5 Å². The van der Waals surface area contributed by atoms with Crippen LogP contribution in [0.1, 0.15) is 25.5 Å². The molecule has 7 nitrogen and oxygen atoms in total. The highest BCUT2D eigenvalue weighted by molar-refractivity contribution is 7.92. The molecule has 0 amide bonds. The number of nitrogens with one attached hydrogen (secondary N) is 1. The summed E-state index contributed by atoms with van der Waals surface area (Å²) in [6, 6.07) is 5.50. The molecule has 2 aromatic rings. The van der Waals surface area contributed by atoms with Crippen LogP contribution in [-0.2, 0) is 21.2 Å². The van der Waals surface area contributed by atoms with E-state index < -0.39 is 10.0 Å². The zero-order chi connectivity index (χ0) is 19.6. The van der Waals surface area contributed by atoms with Gasteiger partial charge in [0.05, 0.1) is 11.9 Å². The number of rotatable bonds is 8. The number of carbonyl (C=O) groups is 1. The number of anilines is 2.